The Kier molecular flexibility index (Phi) is 6.02. The number of rotatable bonds is 5. The van der Waals surface area contributed by atoms with Crippen LogP contribution in [-0.4, -0.2) is 33.2 Å². The lowest BCUT2D eigenvalue weighted by Gasteiger charge is -2.13. The number of ether oxygens (including phenoxy) is 1. The number of thioether (sulfide) groups is 1. The zero-order valence-corrected chi connectivity index (χ0v) is 17.0. The molecule has 150 valence electrons. The molecule has 29 heavy (non-hydrogen) atoms. The highest BCUT2D eigenvalue weighted by Crippen LogP contribution is 2.39. The van der Waals surface area contributed by atoms with E-state index in [1.807, 2.05) is 0 Å². The zero-order chi connectivity index (χ0) is 21.3. The topological polar surface area (TPSA) is 110 Å². The highest BCUT2D eigenvalue weighted by atomic mass is 35.5. The number of nitro benzene ring substituents is 1. The number of phenolic OH excluding ortho intramolecular Hbond substituents is 1. The van der Waals surface area contributed by atoms with Crippen molar-refractivity contribution in [3.8, 4) is 11.5 Å². The Morgan fingerprint density at radius 2 is 1.97 bits per heavy atom. The summed E-state index contributed by atoms with van der Waals surface area (Å²) >= 11 is 12.5. The van der Waals surface area contributed by atoms with E-state index in [1.165, 1.54) is 19.3 Å². The molecule has 1 N–H and O–H groups in total. The molecule has 0 aromatic heterocycles. The van der Waals surface area contributed by atoms with Crippen molar-refractivity contribution in [1.82, 2.24) is 4.90 Å². The van der Waals surface area contributed by atoms with Gasteiger partial charge < -0.3 is 9.84 Å². The number of carbonyl (C=O) groups excluding carboxylic acids is 2. The van der Waals surface area contributed by atoms with Crippen molar-refractivity contribution in [3.05, 3.63) is 66.5 Å². The lowest BCUT2D eigenvalue weighted by molar-refractivity contribution is -0.386. The summed E-state index contributed by atoms with van der Waals surface area (Å²) in [5, 5.41) is 21.1. The lowest BCUT2D eigenvalue weighted by Crippen LogP contribution is -2.27. The summed E-state index contributed by atoms with van der Waals surface area (Å²) in [4.78, 5) is 36.4. The zero-order valence-electron chi connectivity index (χ0n) is 14.7. The summed E-state index contributed by atoms with van der Waals surface area (Å²) in [5.41, 5.74) is 0.266. The Balaban J connectivity index is 1.91. The maximum atomic E-state index is 12.7. The average Bonchev–Trinajstić information content (AvgIpc) is 2.93. The van der Waals surface area contributed by atoms with Gasteiger partial charge in [-0.25, -0.2) is 0 Å². The van der Waals surface area contributed by atoms with Crippen LogP contribution in [-0.2, 0) is 11.3 Å². The van der Waals surface area contributed by atoms with Gasteiger partial charge in [-0.1, -0.05) is 29.3 Å². The van der Waals surface area contributed by atoms with E-state index in [-0.39, 0.29) is 22.8 Å². The predicted octanol–water partition coefficient (Wildman–Crippen LogP) is 4.85. The Bertz CT molecular complexity index is 1070. The molecular weight excluding hydrogens is 443 g/mol. The van der Waals surface area contributed by atoms with Crippen molar-refractivity contribution < 1.29 is 24.4 Å². The van der Waals surface area contributed by atoms with Crippen molar-refractivity contribution >= 4 is 57.9 Å². The van der Waals surface area contributed by atoms with Gasteiger partial charge in [0.2, 0.25) is 5.75 Å². The molecule has 2 amide bonds. The minimum absolute atomic E-state index is 0.00204. The van der Waals surface area contributed by atoms with E-state index in [2.05, 4.69) is 0 Å². The minimum atomic E-state index is -0.773. The Morgan fingerprint density at radius 3 is 2.59 bits per heavy atom. The Morgan fingerprint density at radius 1 is 1.24 bits per heavy atom. The second-order valence-corrected chi connectivity index (χ2v) is 7.67. The van der Waals surface area contributed by atoms with Crippen molar-refractivity contribution in [3.63, 3.8) is 0 Å². The molecule has 1 fully saturated rings. The second kappa shape index (κ2) is 8.32. The van der Waals surface area contributed by atoms with Gasteiger partial charge in [-0.15, -0.1) is 0 Å². The molecule has 0 spiro atoms. The monoisotopic (exact) mass is 454 g/mol. The Labute approximate surface area is 178 Å². The second-order valence-electron chi connectivity index (χ2n) is 5.86. The van der Waals surface area contributed by atoms with E-state index in [1.54, 1.807) is 18.2 Å². The standard InChI is InChI=1S/C18H12Cl2N2O6S/c1-28-14-6-10(5-13(16(14)23)22(26)27)7-15-17(24)21(18(25)29-15)8-9-2-3-11(19)12(20)4-9/h2-7,23H,8H2,1H3/b15-7-. The molecule has 0 atom stereocenters. The van der Waals surface area contributed by atoms with E-state index in [9.17, 15) is 24.8 Å². The number of carbonyl (C=O) groups is 2. The van der Waals surface area contributed by atoms with Crippen LogP contribution in [0.25, 0.3) is 6.08 Å². The number of aromatic hydroxyl groups is 1. The van der Waals surface area contributed by atoms with Crippen LogP contribution in [0.1, 0.15) is 11.1 Å². The molecule has 8 nitrogen and oxygen atoms in total. The molecule has 11 heteroatoms. The van der Waals surface area contributed by atoms with Crippen LogP contribution in [0.4, 0.5) is 10.5 Å². The molecule has 3 rings (SSSR count). The molecular formula is C18H12Cl2N2O6S. The van der Waals surface area contributed by atoms with E-state index in [0.29, 0.717) is 27.4 Å². The highest BCUT2D eigenvalue weighted by molar-refractivity contribution is 8.18. The number of amides is 2. The summed E-state index contributed by atoms with van der Waals surface area (Å²) in [6.45, 7) is -0.00204. The number of nitrogens with zero attached hydrogens (tertiary/aromatic N) is 2. The molecule has 2 aromatic carbocycles. The summed E-state index contributed by atoms with van der Waals surface area (Å²) in [6.07, 6.45) is 1.33. The van der Waals surface area contributed by atoms with Gasteiger partial charge in [-0.05, 0) is 47.2 Å². The number of imide groups is 1. The van der Waals surface area contributed by atoms with Crippen LogP contribution in [0.5, 0.6) is 11.5 Å². The first-order chi connectivity index (χ1) is 13.7. The number of hydrogen-bond acceptors (Lipinski definition) is 7. The molecule has 1 aliphatic heterocycles. The number of hydrogen-bond donors (Lipinski definition) is 1. The van der Waals surface area contributed by atoms with Crippen molar-refractivity contribution in [2.45, 2.75) is 6.54 Å². The van der Waals surface area contributed by atoms with E-state index >= 15 is 0 Å². The van der Waals surface area contributed by atoms with Crippen molar-refractivity contribution in [2.24, 2.45) is 0 Å². The first-order valence-electron chi connectivity index (χ1n) is 7.96. The van der Waals surface area contributed by atoms with Gasteiger partial charge in [0.15, 0.2) is 5.75 Å². The highest BCUT2D eigenvalue weighted by Gasteiger charge is 2.35. The van der Waals surface area contributed by atoms with Crippen molar-refractivity contribution in [2.75, 3.05) is 7.11 Å². The summed E-state index contributed by atoms with van der Waals surface area (Å²) < 4.78 is 4.93. The van der Waals surface area contributed by atoms with Crippen molar-refractivity contribution in [1.29, 1.82) is 0 Å². The number of benzene rings is 2. The van der Waals surface area contributed by atoms with E-state index in [4.69, 9.17) is 27.9 Å². The van der Waals surface area contributed by atoms with Gasteiger partial charge in [-0.3, -0.25) is 24.6 Å². The Hall–Kier alpha value is -2.75. The van der Waals surface area contributed by atoms with Crippen LogP contribution in [0, 0.1) is 10.1 Å². The van der Waals surface area contributed by atoms with Gasteiger partial charge in [0.25, 0.3) is 11.1 Å². The van der Waals surface area contributed by atoms with Crippen LogP contribution < -0.4 is 4.74 Å². The molecule has 0 unspecified atom stereocenters. The summed E-state index contributed by atoms with van der Waals surface area (Å²) in [7, 11) is 1.24. The van der Waals surface area contributed by atoms with Gasteiger partial charge in [0.05, 0.1) is 33.5 Å². The van der Waals surface area contributed by atoms with Gasteiger partial charge in [-0.2, -0.15) is 0 Å². The molecule has 0 saturated carbocycles. The average molecular weight is 455 g/mol. The largest absolute Gasteiger partial charge is 0.500 e. The van der Waals surface area contributed by atoms with Gasteiger partial charge in [0, 0.05) is 6.07 Å². The molecule has 0 radical (unpaired) electrons. The predicted molar refractivity (Wildman–Crippen MR) is 109 cm³/mol. The first kappa shape index (κ1) is 21.0. The smallest absolute Gasteiger partial charge is 0.315 e. The maximum Gasteiger partial charge on any atom is 0.315 e. The third kappa shape index (κ3) is 4.31. The minimum Gasteiger partial charge on any atom is -0.500 e. The molecule has 0 aliphatic carbocycles. The third-order valence-electron chi connectivity index (χ3n) is 3.99. The summed E-state index contributed by atoms with van der Waals surface area (Å²) in [5.74, 6) is -1.30. The van der Waals surface area contributed by atoms with E-state index < -0.39 is 27.5 Å². The first-order valence-corrected chi connectivity index (χ1v) is 9.53. The molecule has 0 bridgehead atoms. The number of phenols is 1. The number of methoxy groups -OCH3 is 1. The fraction of sp³-hybridized carbons (Fsp3) is 0.111. The fourth-order valence-electron chi connectivity index (χ4n) is 2.60. The van der Waals surface area contributed by atoms with Crippen LogP contribution in [0.2, 0.25) is 10.0 Å². The maximum absolute atomic E-state index is 12.7. The number of halogens is 2. The molecule has 1 saturated heterocycles. The van der Waals surface area contributed by atoms with Crippen LogP contribution in [0.3, 0.4) is 0 Å². The fourth-order valence-corrected chi connectivity index (χ4v) is 3.76. The van der Waals surface area contributed by atoms with E-state index in [0.717, 1.165) is 11.0 Å². The molecule has 1 heterocycles. The van der Waals surface area contributed by atoms with Crippen LogP contribution >= 0.6 is 35.0 Å². The lowest BCUT2D eigenvalue weighted by atomic mass is 10.1. The SMILES string of the molecule is COc1cc(/C=C2\SC(=O)N(Cc3ccc(Cl)c(Cl)c3)C2=O)cc([N+](=O)[O-])c1O. The molecule has 1 aliphatic rings. The molecule has 2 aromatic rings. The van der Waals surface area contributed by atoms with Gasteiger partial charge in [0.1, 0.15) is 0 Å². The number of nitro groups is 1. The van der Waals surface area contributed by atoms with Gasteiger partial charge >= 0.3 is 5.69 Å². The third-order valence-corrected chi connectivity index (χ3v) is 5.64. The summed E-state index contributed by atoms with van der Waals surface area (Å²) in [6, 6.07) is 7.19. The quantitative estimate of drug-likeness (QED) is 0.390. The van der Waals surface area contributed by atoms with Crippen LogP contribution in [0.15, 0.2) is 35.2 Å². The normalized spacial score (nSPS) is 15.3.